The molecule has 28 heavy (non-hydrogen) atoms. The molecule has 0 spiro atoms. The van der Waals surface area contributed by atoms with Crippen molar-refractivity contribution >= 4 is 11.7 Å². The van der Waals surface area contributed by atoms with E-state index in [1.54, 1.807) is 47.2 Å². The molecule has 0 aliphatic rings. The average Bonchev–Trinajstić information content (AvgIpc) is 3.26. The summed E-state index contributed by atoms with van der Waals surface area (Å²) in [7, 11) is 1.75. The molecule has 0 unspecified atom stereocenters. The monoisotopic (exact) mass is 378 g/mol. The Hall–Kier alpha value is -3.48. The Balaban J connectivity index is 1.58. The molecule has 3 aromatic rings. The molecule has 0 radical (unpaired) electrons. The molecule has 0 saturated heterocycles. The van der Waals surface area contributed by atoms with Gasteiger partial charge in [-0.3, -0.25) is 9.59 Å². The van der Waals surface area contributed by atoms with Crippen molar-refractivity contribution in [1.29, 1.82) is 0 Å². The first-order valence-electron chi connectivity index (χ1n) is 8.90. The van der Waals surface area contributed by atoms with Crippen LogP contribution in [0.15, 0.2) is 61.2 Å². The normalized spacial score (nSPS) is 11.7. The maximum Gasteiger partial charge on any atom is 0.260 e. The molecule has 1 aromatic heterocycles. The van der Waals surface area contributed by atoms with Crippen LogP contribution < -0.4 is 4.74 Å². The van der Waals surface area contributed by atoms with E-state index in [1.165, 1.54) is 13.3 Å². The van der Waals surface area contributed by atoms with Crippen molar-refractivity contribution in [1.82, 2.24) is 19.7 Å². The molecule has 1 atom stereocenters. The molecule has 1 amide bonds. The highest BCUT2D eigenvalue weighted by atomic mass is 16.5. The lowest BCUT2D eigenvalue weighted by Crippen LogP contribution is -2.33. The summed E-state index contributed by atoms with van der Waals surface area (Å²) in [6, 6.07) is 14.4. The van der Waals surface area contributed by atoms with Gasteiger partial charge in [-0.15, -0.1) is 0 Å². The van der Waals surface area contributed by atoms with Gasteiger partial charge in [0.1, 0.15) is 18.4 Å². The molecule has 0 bridgehead atoms. The van der Waals surface area contributed by atoms with Crippen molar-refractivity contribution < 1.29 is 14.3 Å². The number of ether oxygens (including phenoxy) is 1. The summed E-state index contributed by atoms with van der Waals surface area (Å²) >= 11 is 0. The van der Waals surface area contributed by atoms with E-state index in [4.69, 9.17) is 4.74 Å². The fraction of sp³-hybridized carbons (Fsp3) is 0.238. The van der Waals surface area contributed by atoms with Crippen LogP contribution in [-0.2, 0) is 4.79 Å². The second-order valence-corrected chi connectivity index (χ2v) is 6.48. The number of Topliss-reactive ketones (excluding diaryl/α,β-unsaturated/α-hetero) is 1. The first kappa shape index (κ1) is 19.3. The molecule has 0 aliphatic carbocycles. The van der Waals surface area contributed by atoms with Gasteiger partial charge < -0.3 is 9.64 Å². The molecule has 7 nitrogen and oxygen atoms in total. The molecule has 7 heteroatoms. The largest absolute Gasteiger partial charge is 0.484 e. The first-order valence-corrected chi connectivity index (χ1v) is 8.90. The van der Waals surface area contributed by atoms with Crippen LogP contribution in [0.1, 0.15) is 35.8 Å². The lowest BCUT2D eigenvalue weighted by Gasteiger charge is -2.25. The van der Waals surface area contributed by atoms with Crippen LogP contribution in [0.25, 0.3) is 5.69 Å². The first-order chi connectivity index (χ1) is 13.5. The molecule has 2 aromatic carbocycles. The van der Waals surface area contributed by atoms with Crippen LogP contribution in [0.4, 0.5) is 0 Å². The Labute approximate surface area is 163 Å². The minimum absolute atomic E-state index is 0.00831. The van der Waals surface area contributed by atoms with Gasteiger partial charge in [0, 0.05) is 12.6 Å². The molecular formula is C21H22N4O3. The molecule has 0 N–H and O–H groups in total. The van der Waals surface area contributed by atoms with Crippen molar-refractivity contribution in [2.75, 3.05) is 13.7 Å². The standard InChI is InChI=1S/C21H22N4O3/c1-15(17-4-8-19(9-5-17)25-14-22-13-23-25)24(3)21(27)12-28-20-10-6-18(7-11-20)16(2)26/h4-11,13-15H,12H2,1-3H3/t15-/m1/s1. The van der Waals surface area contributed by atoms with Crippen LogP contribution in [0.2, 0.25) is 0 Å². The molecule has 3 rings (SSSR count). The molecule has 0 aliphatic heterocycles. The fourth-order valence-corrected chi connectivity index (χ4v) is 2.72. The summed E-state index contributed by atoms with van der Waals surface area (Å²) in [5.74, 6) is 0.408. The van der Waals surface area contributed by atoms with Crippen molar-refractivity contribution in [2.45, 2.75) is 19.9 Å². The van der Waals surface area contributed by atoms with Crippen molar-refractivity contribution in [3.05, 3.63) is 72.3 Å². The van der Waals surface area contributed by atoms with Crippen LogP contribution in [0.3, 0.4) is 0 Å². The average molecular weight is 378 g/mol. The van der Waals surface area contributed by atoms with Gasteiger partial charge in [0.15, 0.2) is 12.4 Å². The molecular weight excluding hydrogens is 356 g/mol. The number of amides is 1. The number of rotatable bonds is 7. The highest BCUT2D eigenvalue weighted by Gasteiger charge is 2.18. The van der Waals surface area contributed by atoms with E-state index in [2.05, 4.69) is 10.1 Å². The summed E-state index contributed by atoms with van der Waals surface area (Å²) in [5, 5.41) is 4.10. The van der Waals surface area contributed by atoms with E-state index in [-0.39, 0.29) is 24.3 Å². The number of benzene rings is 2. The van der Waals surface area contributed by atoms with Gasteiger partial charge in [-0.25, -0.2) is 9.67 Å². The Morgan fingerprint density at radius 1 is 1.11 bits per heavy atom. The number of carbonyl (C=O) groups is 2. The van der Waals surface area contributed by atoms with Gasteiger partial charge in [0.05, 0.1) is 11.7 Å². The number of carbonyl (C=O) groups excluding carboxylic acids is 2. The molecule has 144 valence electrons. The SMILES string of the molecule is CC(=O)c1ccc(OCC(=O)N(C)[C@H](C)c2ccc(-n3cncn3)cc2)cc1. The third-order valence-corrected chi connectivity index (χ3v) is 4.66. The Morgan fingerprint density at radius 3 is 2.36 bits per heavy atom. The summed E-state index contributed by atoms with van der Waals surface area (Å²) in [5.41, 5.74) is 2.52. The minimum Gasteiger partial charge on any atom is -0.484 e. The van der Waals surface area contributed by atoms with Gasteiger partial charge in [-0.1, -0.05) is 12.1 Å². The summed E-state index contributed by atoms with van der Waals surface area (Å²) in [4.78, 5) is 29.4. The molecule has 0 fully saturated rings. The van der Waals surface area contributed by atoms with E-state index in [1.807, 2.05) is 31.2 Å². The topological polar surface area (TPSA) is 77.3 Å². The Morgan fingerprint density at radius 2 is 1.79 bits per heavy atom. The zero-order valence-corrected chi connectivity index (χ0v) is 16.1. The van der Waals surface area contributed by atoms with Crippen LogP contribution in [0, 0.1) is 0 Å². The van der Waals surface area contributed by atoms with Crippen molar-refractivity contribution in [2.24, 2.45) is 0 Å². The second-order valence-electron chi connectivity index (χ2n) is 6.48. The minimum atomic E-state index is -0.136. The van der Waals surface area contributed by atoms with Crippen molar-refractivity contribution in [3.63, 3.8) is 0 Å². The lowest BCUT2D eigenvalue weighted by molar-refractivity contribution is -0.134. The third-order valence-electron chi connectivity index (χ3n) is 4.66. The smallest absolute Gasteiger partial charge is 0.260 e. The number of aromatic nitrogens is 3. The van der Waals surface area contributed by atoms with Crippen molar-refractivity contribution in [3.8, 4) is 11.4 Å². The fourth-order valence-electron chi connectivity index (χ4n) is 2.72. The van der Waals surface area contributed by atoms with Crippen LogP contribution in [-0.4, -0.2) is 45.0 Å². The Bertz CT molecular complexity index is 935. The maximum atomic E-state index is 12.5. The maximum absolute atomic E-state index is 12.5. The number of hydrogen-bond acceptors (Lipinski definition) is 5. The van der Waals surface area contributed by atoms with E-state index >= 15 is 0 Å². The van der Waals surface area contributed by atoms with Crippen LogP contribution in [0.5, 0.6) is 5.75 Å². The van der Waals surface area contributed by atoms with Gasteiger partial charge >= 0.3 is 0 Å². The van der Waals surface area contributed by atoms with Gasteiger partial charge in [-0.05, 0) is 55.8 Å². The Kier molecular flexibility index (Phi) is 5.84. The predicted octanol–water partition coefficient (Wildman–Crippen LogP) is 3.07. The second kappa shape index (κ2) is 8.47. The zero-order valence-electron chi connectivity index (χ0n) is 16.1. The molecule has 0 saturated carbocycles. The third kappa shape index (κ3) is 4.43. The number of ketones is 1. The quantitative estimate of drug-likeness (QED) is 0.591. The highest BCUT2D eigenvalue weighted by molar-refractivity contribution is 5.94. The summed E-state index contributed by atoms with van der Waals surface area (Å²) in [6.45, 7) is 3.40. The van der Waals surface area contributed by atoms with Gasteiger partial charge in [-0.2, -0.15) is 5.10 Å². The zero-order chi connectivity index (χ0) is 20.1. The number of hydrogen-bond donors (Lipinski definition) is 0. The summed E-state index contributed by atoms with van der Waals surface area (Å²) < 4.78 is 7.23. The van der Waals surface area contributed by atoms with E-state index < -0.39 is 0 Å². The van der Waals surface area contributed by atoms with Gasteiger partial charge in [0.25, 0.3) is 5.91 Å². The number of likely N-dealkylation sites (N-methyl/N-ethyl adjacent to an activating group) is 1. The highest BCUT2D eigenvalue weighted by Crippen LogP contribution is 2.21. The lowest BCUT2D eigenvalue weighted by atomic mass is 10.1. The predicted molar refractivity (Wildman–Crippen MR) is 104 cm³/mol. The summed E-state index contributed by atoms with van der Waals surface area (Å²) in [6.07, 6.45) is 3.12. The van der Waals surface area contributed by atoms with E-state index in [0.29, 0.717) is 11.3 Å². The van der Waals surface area contributed by atoms with E-state index in [9.17, 15) is 9.59 Å². The van der Waals surface area contributed by atoms with Crippen LogP contribution >= 0.6 is 0 Å². The van der Waals surface area contributed by atoms with E-state index in [0.717, 1.165) is 11.3 Å². The number of nitrogens with zero attached hydrogens (tertiary/aromatic N) is 4. The van der Waals surface area contributed by atoms with Gasteiger partial charge in [0.2, 0.25) is 0 Å². The molecule has 1 heterocycles.